The molecule has 2 nitrogen and oxygen atoms in total. The summed E-state index contributed by atoms with van der Waals surface area (Å²) >= 11 is 3.41. The van der Waals surface area contributed by atoms with Crippen LogP contribution in [0.5, 0.6) is 0 Å². The highest BCUT2D eigenvalue weighted by Crippen LogP contribution is 2.34. The number of carbonyl (C=O) groups excluding carboxylic acids is 1. The van der Waals surface area contributed by atoms with Crippen LogP contribution in [0.15, 0.2) is 16.6 Å². The van der Waals surface area contributed by atoms with Crippen LogP contribution in [0.3, 0.4) is 0 Å². The summed E-state index contributed by atoms with van der Waals surface area (Å²) in [4.78, 5) is 14.6. The Morgan fingerprint density at radius 2 is 2.12 bits per heavy atom. The lowest BCUT2D eigenvalue weighted by atomic mass is 9.95. The maximum atomic E-state index is 13.6. The number of rotatable bonds is 0. The van der Waals surface area contributed by atoms with E-state index in [1.165, 1.54) is 6.07 Å². The molecule has 1 N–H and O–H groups in total. The second-order valence-corrected chi connectivity index (χ2v) is 4.89. The summed E-state index contributed by atoms with van der Waals surface area (Å²) in [6.45, 7) is 0. The molecule has 1 aliphatic carbocycles. The number of aromatic amines is 1. The van der Waals surface area contributed by atoms with Gasteiger partial charge in [0.1, 0.15) is 5.82 Å². The van der Waals surface area contributed by atoms with Gasteiger partial charge in [0.15, 0.2) is 5.78 Å². The summed E-state index contributed by atoms with van der Waals surface area (Å²) < 4.78 is 14.5. The lowest BCUT2D eigenvalue weighted by Gasteiger charge is -2.09. The Labute approximate surface area is 100.0 Å². The highest BCUT2D eigenvalue weighted by molar-refractivity contribution is 9.10. The monoisotopic (exact) mass is 281 g/mol. The number of fused-ring (bicyclic) bond motifs is 3. The third kappa shape index (κ3) is 1.26. The van der Waals surface area contributed by atoms with Crippen LogP contribution >= 0.6 is 15.9 Å². The molecule has 0 amide bonds. The van der Waals surface area contributed by atoms with E-state index in [2.05, 4.69) is 20.9 Å². The molecule has 0 spiro atoms. The number of nitrogens with one attached hydrogen (secondary N) is 1. The molecule has 1 aromatic carbocycles. The normalized spacial score (nSPS) is 15.5. The van der Waals surface area contributed by atoms with Gasteiger partial charge in [-0.2, -0.15) is 0 Å². The number of aromatic nitrogens is 1. The van der Waals surface area contributed by atoms with E-state index in [4.69, 9.17) is 0 Å². The van der Waals surface area contributed by atoms with E-state index in [9.17, 15) is 9.18 Å². The molecule has 0 fully saturated rings. The quantitative estimate of drug-likeness (QED) is 0.787. The van der Waals surface area contributed by atoms with Gasteiger partial charge in [-0.25, -0.2) is 4.39 Å². The predicted octanol–water partition coefficient (Wildman–Crippen LogP) is 3.59. The van der Waals surface area contributed by atoms with E-state index in [0.29, 0.717) is 17.6 Å². The first-order valence-electron chi connectivity index (χ1n) is 5.20. The van der Waals surface area contributed by atoms with E-state index < -0.39 is 0 Å². The molecule has 0 aliphatic heterocycles. The molecule has 0 saturated carbocycles. The van der Waals surface area contributed by atoms with Crippen molar-refractivity contribution in [1.82, 2.24) is 4.98 Å². The molecule has 4 heteroatoms. The van der Waals surface area contributed by atoms with Crippen molar-refractivity contribution < 1.29 is 9.18 Å². The Hall–Kier alpha value is -1.16. The molecule has 1 aromatic heterocycles. The van der Waals surface area contributed by atoms with Crippen LogP contribution in [-0.4, -0.2) is 10.8 Å². The third-order valence-electron chi connectivity index (χ3n) is 3.07. The minimum Gasteiger partial charge on any atom is -0.349 e. The van der Waals surface area contributed by atoms with Gasteiger partial charge in [0.05, 0.1) is 11.2 Å². The van der Waals surface area contributed by atoms with Gasteiger partial charge in [0.2, 0.25) is 0 Å². The van der Waals surface area contributed by atoms with Crippen molar-refractivity contribution >= 4 is 32.6 Å². The van der Waals surface area contributed by atoms with Gasteiger partial charge >= 0.3 is 0 Å². The highest BCUT2D eigenvalue weighted by atomic mass is 79.9. The Kier molecular flexibility index (Phi) is 2.14. The van der Waals surface area contributed by atoms with Gasteiger partial charge in [-0.15, -0.1) is 0 Å². The van der Waals surface area contributed by atoms with Crippen molar-refractivity contribution in [2.45, 2.75) is 19.3 Å². The van der Waals surface area contributed by atoms with Gasteiger partial charge in [0, 0.05) is 16.3 Å². The average Bonchev–Trinajstić information content (AvgIpc) is 2.66. The van der Waals surface area contributed by atoms with Crippen LogP contribution in [0.4, 0.5) is 4.39 Å². The van der Waals surface area contributed by atoms with Crippen molar-refractivity contribution in [1.29, 1.82) is 0 Å². The lowest BCUT2D eigenvalue weighted by molar-refractivity contribution is 0.0968. The van der Waals surface area contributed by atoms with E-state index in [1.54, 1.807) is 6.07 Å². The molecule has 1 aliphatic rings. The largest absolute Gasteiger partial charge is 0.349 e. The zero-order chi connectivity index (χ0) is 11.3. The van der Waals surface area contributed by atoms with Crippen LogP contribution in [-0.2, 0) is 6.42 Å². The zero-order valence-corrected chi connectivity index (χ0v) is 10.0. The average molecular weight is 282 g/mol. The van der Waals surface area contributed by atoms with Gasteiger partial charge in [0.25, 0.3) is 0 Å². The number of H-pyrrole nitrogens is 1. The van der Waals surface area contributed by atoms with Crippen molar-refractivity contribution in [3.05, 3.63) is 33.7 Å². The van der Waals surface area contributed by atoms with Gasteiger partial charge in [-0.1, -0.05) is 15.9 Å². The Morgan fingerprint density at radius 1 is 1.31 bits per heavy atom. The predicted molar refractivity (Wildman–Crippen MR) is 63.2 cm³/mol. The molecular formula is C12H9BrFNO. The fraction of sp³-hybridized carbons (Fsp3) is 0.250. The summed E-state index contributed by atoms with van der Waals surface area (Å²) in [5.41, 5.74) is 1.99. The van der Waals surface area contributed by atoms with Gasteiger partial charge in [-0.05, 0) is 30.5 Å². The third-order valence-corrected chi connectivity index (χ3v) is 3.73. The first-order valence-corrected chi connectivity index (χ1v) is 5.99. The molecule has 16 heavy (non-hydrogen) atoms. The second kappa shape index (κ2) is 3.42. The molecule has 0 unspecified atom stereocenters. The molecular weight excluding hydrogens is 273 g/mol. The minimum absolute atomic E-state index is 0.0868. The van der Waals surface area contributed by atoms with Gasteiger partial charge < -0.3 is 4.98 Å². The molecule has 0 atom stereocenters. The second-order valence-electron chi connectivity index (χ2n) is 4.03. The number of carbonyl (C=O) groups is 1. The van der Waals surface area contributed by atoms with E-state index in [1.807, 2.05) is 0 Å². The maximum absolute atomic E-state index is 13.6. The van der Waals surface area contributed by atoms with Crippen molar-refractivity contribution in [2.24, 2.45) is 0 Å². The fourth-order valence-corrected chi connectivity index (χ4v) is 2.90. The zero-order valence-electron chi connectivity index (χ0n) is 8.44. The number of ketones is 1. The maximum Gasteiger partial charge on any atom is 0.179 e. The van der Waals surface area contributed by atoms with Crippen LogP contribution in [0.1, 0.15) is 28.9 Å². The first-order chi connectivity index (χ1) is 7.68. The summed E-state index contributed by atoms with van der Waals surface area (Å²) in [5.74, 6) is -0.218. The van der Waals surface area contributed by atoms with Crippen LogP contribution < -0.4 is 0 Å². The van der Waals surface area contributed by atoms with E-state index in [0.717, 1.165) is 28.3 Å². The smallest absolute Gasteiger partial charge is 0.179 e. The number of hydrogen-bond donors (Lipinski definition) is 1. The number of hydrogen-bond acceptors (Lipinski definition) is 1. The number of benzene rings is 1. The van der Waals surface area contributed by atoms with Crippen molar-refractivity contribution in [3.8, 4) is 0 Å². The first kappa shape index (κ1) is 10.0. The highest BCUT2D eigenvalue weighted by Gasteiger charge is 2.24. The molecule has 3 rings (SSSR count). The summed E-state index contributed by atoms with van der Waals surface area (Å²) in [6.07, 6.45) is 2.24. The Balaban J connectivity index is 2.45. The number of aryl methyl sites for hydroxylation is 1. The van der Waals surface area contributed by atoms with Crippen LogP contribution in [0, 0.1) is 5.82 Å². The molecule has 0 saturated heterocycles. The number of halogens is 2. The number of Topliss-reactive ketones (excluding diaryl/α,β-unsaturated/α-hetero) is 1. The van der Waals surface area contributed by atoms with Crippen LogP contribution in [0.2, 0.25) is 0 Å². The Bertz CT molecular complexity index is 603. The van der Waals surface area contributed by atoms with Crippen LogP contribution in [0.25, 0.3) is 10.9 Å². The fourth-order valence-electron chi connectivity index (χ4n) is 2.33. The summed E-state index contributed by atoms with van der Waals surface area (Å²) in [7, 11) is 0. The lowest BCUT2D eigenvalue weighted by Crippen LogP contribution is -2.09. The van der Waals surface area contributed by atoms with Crippen molar-refractivity contribution in [3.63, 3.8) is 0 Å². The van der Waals surface area contributed by atoms with Crippen molar-refractivity contribution in [2.75, 3.05) is 0 Å². The SMILES string of the molecule is O=C1CCCc2c1[nH]c1c(F)ccc(Br)c21. The van der Waals surface area contributed by atoms with Gasteiger partial charge in [-0.3, -0.25) is 4.79 Å². The van der Waals surface area contributed by atoms with E-state index in [-0.39, 0.29) is 11.6 Å². The standard InChI is InChI=1S/C12H9BrFNO/c13-7-4-5-8(14)12-10(7)6-2-1-3-9(16)11(6)15-12/h4-5,15H,1-3H2. The summed E-state index contributed by atoms with van der Waals surface area (Å²) in [5, 5.41) is 0.822. The molecule has 82 valence electrons. The Morgan fingerprint density at radius 3 is 2.94 bits per heavy atom. The topological polar surface area (TPSA) is 32.9 Å². The summed E-state index contributed by atoms with van der Waals surface area (Å²) in [6, 6.07) is 3.09. The molecule has 0 bridgehead atoms. The molecule has 1 heterocycles. The molecule has 2 aromatic rings. The minimum atomic E-state index is -0.305. The van der Waals surface area contributed by atoms with E-state index >= 15 is 0 Å². The molecule has 0 radical (unpaired) electrons.